The second-order valence-corrected chi connectivity index (χ2v) is 8.25. The largest absolute Gasteiger partial charge is 0.437 e. The number of carbonyl (C=O) groups is 1. The van der Waals surface area contributed by atoms with Crippen molar-refractivity contribution in [3.05, 3.63) is 46.2 Å². The van der Waals surface area contributed by atoms with Crippen molar-refractivity contribution in [2.75, 3.05) is 24.5 Å². The zero-order valence-corrected chi connectivity index (χ0v) is 16.1. The zero-order chi connectivity index (χ0) is 19.9. The summed E-state index contributed by atoms with van der Waals surface area (Å²) in [5.74, 6) is -1.90. The summed E-state index contributed by atoms with van der Waals surface area (Å²) >= 11 is 1.58. The first-order valence-corrected chi connectivity index (χ1v) is 9.93. The number of ether oxygens (including phenoxy) is 1. The summed E-state index contributed by atoms with van der Waals surface area (Å²) in [5.41, 5.74) is 1.91. The van der Waals surface area contributed by atoms with Gasteiger partial charge in [-0.3, -0.25) is 9.69 Å². The maximum atomic E-state index is 14.4. The monoisotopic (exact) mass is 411 g/mol. The molecule has 0 atom stereocenters. The molecule has 1 aromatic heterocycles. The molecule has 28 heavy (non-hydrogen) atoms. The summed E-state index contributed by atoms with van der Waals surface area (Å²) in [6, 6.07) is 4.99. The summed E-state index contributed by atoms with van der Waals surface area (Å²) in [4.78, 5) is 20.8. The number of halogens is 3. The Kier molecular flexibility index (Phi) is 4.93. The number of alkyl halides is 2. The van der Waals surface area contributed by atoms with Gasteiger partial charge in [-0.1, -0.05) is 0 Å². The fourth-order valence-electron chi connectivity index (χ4n) is 3.75. The highest BCUT2D eigenvalue weighted by atomic mass is 32.1. The number of piperidine rings is 1. The van der Waals surface area contributed by atoms with Crippen LogP contribution < -0.4 is 4.90 Å². The van der Waals surface area contributed by atoms with Gasteiger partial charge in [-0.05, 0) is 44.0 Å². The van der Waals surface area contributed by atoms with Crippen molar-refractivity contribution >= 4 is 22.9 Å². The van der Waals surface area contributed by atoms with Crippen LogP contribution in [0.3, 0.4) is 0 Å². The SMILES string of the molecule is Cc1ncsc1CN1CCC2(CC1)CN(c1ccc(F)cc1)C(=O)C(F)(F)O2. The van der Waals surface area contributed by atoms with E-state index in [1.807, 2.05) is 6.92 Å². The summed E-state index contributed by atoms with van der Waals surface area (Å²) in [6.07, 6.45) is -3.14. The fourth-order valence-corrected chi connectivity index (χ4v) is 4.57. The Labute approximate surface area is 164 Å². The van der Waals surface area contributed by atoms with Gasteiger partial charge in [0.15, 0.2) is 0 Å². The molecule has 3 heterocycles. The topological polar surface area (TPSA) is 45.7 Å². The van der Waals surface area contributed by atoms with Crippen LogP contribution in [0.5, 0.6) is 0 Å². The summed E-state index contributed by atoms with van der Waals surface area (Å²) in [7, 11) is 0. The maximum absolute atomic E-state index is 14.4. The van der Waals surface area contributed by atoms with Crippen molar-refractivity contribution in [1.29, 1.82) is 0 Å². The number of aryl methyl sites for hydroxylation is 1. The molecule has 0 N–H and O–H groups in total. The Balaban J connectivity index is 1.50. The number of likely N-dealkylation sites (tertiary alicyclic amines) is 1. The van der Waals surface area contributed by atoms with E-state index in [0.29, 0.717) is 25.9 Å². The number of rotatable bonds is 3. The highest BCUT2D eigenvalue weighted by Crippen LogP contribution is 2.40. The van der Waals surface area contributed by atoms with Crippen molar-refractivity contribution < 1.29 is 22.7 Å². The van der Waals surface area contributed by atoms with E-state index in [-0.39, 0.29) is 12.2 Å². The van der Waals surface area contributed by atoms with E-state index in [0.717, 1.165) is 34.1 Å². The van der Waals surface area contributed by atoms with Gasteiger partial charge in [0, 0.05) is 30.2 Å². The van der Waals surface area contributed by atoms with Crippen LogP contribution in [-0.2, 0) is 16.1 Å². The predicted molar refractivity (Wildman–Crippen MR) is 98.9 cm³/mol. The standard InChI is InChI=1S/C19H20F3N3O2S/c1-13-16(28-12-23-13)10-24-8-6-18(7-9-24)11-25(17(26)19(21,22)27-18)15-4-2-14(20)3-5-15/h2-5,12H,6-11H2,1H3. The molecular weight excluding hydrogens is 391 g/mol. The van der Waals surface area contributed by atoms with Gasteiger partial charge in [-0.25, -0.2) is 9.37 Å². The first-order chi connectivity index (χ1) is 13.3. The lowest BCUT2D eigenvalue weighted by molar-refractivity contribution is -0.293. The molecule has 1 aromatic carbocycles. The number of morpholine rings is 1. The Morgan fingerprint density at radius 3 is 2.50 bits per heavy atom. The molecular formula is C19H20F3N3O2S. The van der Waals surface area contributed by atoms with E-state index >= 15 is 0 Å². The van der Waals surface area contributed by atoms with Crippen LogP contribution in [0.15, 0.2) is 29.8 Å². The molecule has 2 aromatic rings. The van der Waals surface area contributed by atoms with Crippen molar-refractivity contribution in [3.63, 3.8) is 0 Å². The smallest absolute Gasteiger partial charge is 0.304 e. The van der Waals surface area contributed by atoms with E-state index in [4.69, 9.17) is 4.74 Å². The van der Waals surface area contributed by atoms with E-state index in [9.17, 15) is 18.0 Å². The van der Waals surface area contributed by atoms with Gasteiger partial charge in [-0.2, -0.15) is 8.78 Å². The molecule has 2 fully saturated rings. The summed E-state index contributed by atoms with van der Waals surface area (Å²) < 4.78 is 47.0. The van der Waals surface area contributed by atoms with E-state index in [1.165, 1.54) is 12.1 Å². The van der Waals surface area contributed by atoms with Gasteiger partial charge in [0.25, 0.3) is 0 Å². The molecule has 2 aliphatic heterocycles. The minimum absolute atomic E-state index is 0.0283. The average Bonchev–Trinajstić information content (AvgIpc) is 3.06. The number of hydrogen-bond donors (Lipinski definition) is 0. The Hall–Kier alpha value is -1.97. The number of benzene rings is 1. The van der Waals surface area contributed by atoms with Crippen LogP contribution in [0.2, 0.25) is 0 Å². The molecule has 5 nitrogen and oxygen atoms in total. The molecule has 2 saturated heterocycles. The molecule has 0 radical (unpaired) electrons. The van der Waals surface area contributed by atoms with Crippen molar-refractivity contribution in [3.8, 4) is 0 Å². The molecule has 0 saturated carbocycles. The third-order valence-electron chi connectivity index (χ3n) is 5.40. The highest BCUT2D eigenvalue weighted by Gasteiger charge is 2.57. The normalized spacial score (nSPS) is 22.0. The Morgan fingerprint density at radius 1 is 1.21 bits per heavy atom. The lowest BCUT2D eigenvalue weighted by Gasteiger charge is -2.48. The first-order valence-electron chi connectivity index (χ1n) is 9.05. The average molecular weight is 411 g/mol. The lowest BCUT2D eigenvalue weighted by Crippen LogP contribution is -2.64. The van der Waals surface area contributed by atoms with E-state index in [2.05, 4.69) is 9.88 Å². The summed E-state index contributed by atoms with van der Waals surface area (Å²) in [6.45, 7) is 3.87. The molecule has 0 bridgehead atoms. The molecule has 4 rings (SSSR count). The minimum atomic E-state index is -3.90. The quantitative estimate of drug-likeness (QED) is 0.775. The van der Waals surface area contributed by atoms with Crippen LogP contribution in [-0.4, -0.2) is 47.1 Å². The van der Waals surface area contributed by atoms with Crippen LogP contribution >= 0.6 is 11.3 Å². The number of carbonyl (C=O) groups excluding carboxylic acids is 1. The van der Waals surface area contributed by atoms with Crippen molar-refractivity contribution in [1.82, 2.24) is 9.88 Å². The van der Waals surface area contributed by atoms with Crippen LogP contribution in [0, 0.1) is 12.7 Å². The fraction of sp³-hybridized carbons (Fsp3) is 0.474. The second-order valence-electron chi connectivity index (χ2n) is 7.31. The number of anilines is 1. The van der Waals surface area contributed by atoms with Gasteiger partial charge in [0.05, 0.1) is 23.4 Å². The van der Waals surface area contributed by atoms with Gasteiger partial charge < -0.3 is 9.64 Å². The number of nitrogens with zero attached hydrogens (tertiary/aromatic N) is 3. The van der Waals surface area contributed by atoms with Gasteiger partial charge >= 0.3 is 12.0 Å². The Morgan fingerprint density at radius 2 is 1.89 bits per heavy atom. The molecule has 2 aliphatic rings. The van der Waals surface area contributed by atoms with E-state index < -0.39 is 23.4 Å². The Bertz CT molecular complexity index is 864. The van der Waals surface area contributed by atoms with Gasteiger partial charge in [0.1, 0.15) is 5.82 Å². The van der Waals surface area contributed by atoms with Crippen molar-refractivity contribution in [2.45, 2.75) is 38.0 Å². The van der Waals surface area contributed by atoms with Crippen LogP contribution in [0.4, 0.5) is 18.9 Å². The molecule has 1 spiro atoms. The highest BCUT2D eigenvalue weighted by molar-refractivity contribution is 7.09. The minimum Gasteiger partial charge on any atom is -0.304 e. The van der Waals surface area contributed by atoms with Crippen molar-refractivity contribution in [2.24, 2.45) is 0 Å². The lowest BCUT2D eigenvalue weighted by atomic mass is 9.88. The molecule has 0 unspecified atom stereocenters. The van der Waals surface area contributed by atoms with Crippen LogP contribution in [0.25, 0.3) is 0 Å². The number of hydrogen-bond acceptors (Lipinski definition) is 5. The molecule has 0 aliphatic carbocycles. The van der Waals surface area contributed by atoms with Gasteiger partial charge in [0.2, 0.25) is 0 Å². The van der Waals surface area contributed by atoms with E-state index in [1.54, 1.807) is 16.8 Å². The van der Waals surface area contributed by atoms with Gasteiger partial charge in [-0.15, -0.1) is 11.3 Å². The number of thiazole rings is 1. The third-order valence-corrected chi connectivity index (χ3v) is 6.32. The predicted octanol–water partition coefficient (Wildman–Crippen LogP) is 3.58. The molecule has 150 valence electrons. The zero-order valence-electron chi connectivity index (χ0n) is 15.3. The maximum Gasteiger partial charge on any atom is 0.437 e. The summed E-state index contributed by atoms with van der Waals surface area (Å²) in [5, 5.41) is 0. The van der Waals surface area contributed by atoms with Crippen LogP contribution in [0.1, 0.15) is 23.4 Å². The second kappa shape index (κ2) is 7.13. The molecule has 9 heteroatoms. The number of aromatic nitrogens is 1. The first kappa shape index (κ1) is 19.4. The third kappa shape index (κ3) is 3.66. The molecule has 1 amide bonds. The number of amides is 1.